The first-order valence-corrected chi connectivity index (χ1v) is 13.6. The number of aromatic nitrogens is 1. The van der Waals surface area contributed by atoms with Crippen molar-refractivity contribution in [2.24, 2.45) is 0 Å². The standard InChI is InChI=1S/C32H32F3N3O2/c1-2-22-7-11-24(12-8-22)31(40)38(27-15-16-27)21-30(39)37(20-23-9-13-26(14-10-23)32(33,34)35)18-17-25-19-36-29-6-4-3-5-28(25)29/h3-14,19,27,36H,2,15-18,20-21H2,1H3. The van der Waals surface area contributed by atoms with E-state index in [1.54, 1.807) is 21.9 Å². The number of rotatable bonds is 10. The molecule has 1 heterocycles. The highest BCUT2D eigenvalue weighted by atomic mass is 19.4. The maximum Gasteiger partial charge on any atom is 0.416 e. The molecule has 5 nitrogen and oxygen atoms in total. The summed E-state index contributed by atoms with van der Waals surface area (Å²) >= 11 is 0. The summed E-state index contributed by atoms with van der Waals surface area (Å²) in [4.78, 5) is 33.7. The molecule has 0 saturated heterocycles. The summed E-state index contributed by atoms with van der Waals surface area (Å²) in [6, 6.07) is 20.3. The molecule has 1 saturated carbocycles. The van der Waals surface area contributed by atoms with Crippen molar-refractivity contribution in [3.63, 3.8) is 0 Å². The van der Waals surface area contributed by atoms with Gasteiger partial charge in [-0.1, -0.05) is 49.4 Å². The van der Waals surface area contributed by atoms with Crippen molar-refractivity contribution >= 4 is 22.7 Å². The quantitative estimate of drug-likeness (QED) is 0.243. The smallest absolute Gasteiger partial charge is 0.361 e. The summed E-state index contributed by atoms with van der Waals surface area (Å²) in [6.07, 6.45) is 0.622. The molecular formula is C32H32F3N3O2. The lowest BCUT2D eigenvalue weighted by Gasteiger charge is -2.28. The van der Waals surface area contributed by atoms with Gasteiger partial charge in [-0.05, 0) is 72.7 Å². The van der Waals surface area contributed by atoms with E-state index >= 15 is 0 Å². The predicted octanol–water partition coefficient (Wildman–Crippen LogP) is 6.63. The molecule has 1 aliphatic rings. The van der Waals surface area contributed by atoms with Crippen molar-refractivity contribution in [2.75, 3.05) is 13.1 Å². The van der Waals surface area contributed by atoms with Gasteiger partial charge in [-0.2, -0.15) is 13.2 Å². The molecule has 0 bridgehead atoms. The van der Waals surface area contributed by atoms with E-state index in [1.807, 2.05) is 49.5 Å². The second-order valence-corrected chi connectivity index (χ2v) is 10.3. The fourth-order valence-electron chi connectivity index (χ4n) is 4.95. The van der Waals surface area contributed by atoms with Crippen LogP contribution in [0.5, 0.6) is 0 Å². The molecule has 4 aromatic rings. The summed E-state index contributed by atoms with van der Waals surface area (Å²) in [7, 11) is 0. The van der Waals surface area contributed by atoms with Crippen molar-refractivity contribution in [3.05, 3.63) is 107 Å². The van der Waals surface area contributed by atoms with Gasteiger partial charge < -0.3 is 14.8 Å². The SMILES string of the molecule is CCc1ccc(C(=O)N(CC(=O)N(CCc2c[nH]c3ccccc23)Cc2ccc(C(F)(F)F)cc2)C2CC2)cc1. The molecule has 1 N–H and O–H groups in total. The number of alkyl halides is 3. The van der Waals surface area contributed by atoms with E-state index in [4.69, 9.17) is 0 Å². The van der Waals surface area contributed by atoms with Crippen LogP contribution in [0.3, 0.4) is 0 Å². The number of hydrogen-bond acceptors (Lipinski definition) is 2. The maximum atomic E-state index is 13.7. The Bertz CT molecular complexity index is 1470. The number of carbonyl (C=O) groups is 2. The Morgan fingerprint density at radius 3 is 2.25 bits per heavy atom. The largest absolute Gasteiger partial charge is 0.416 e. The van der Waals surface area contributed by atoms with E-state index in [1.165, 1.54) is 12.1 Å². The Labute approximate surface area is 231 Å². The highest BCUT2D eigenvalue weighted by Gasteiger charge is 2.35. The molecule has 0 spiro atoms. The molecule has 40 heavy (non-hydrogen) atoms. The molecule has 0 aliphatic heterocycles. The number of amides is 2. The van der Waals surface area contributed by atoms with Crippen molar-refractivity contribution in [2.45, 2.75) is 51.4 Å². The van der Waals surface area contributed by atoms with Crippen LogP contribution in [-0.4, -0.2) is 45.7 Å². The number of nitrogens with zero attached hydrogens (tertiary/aromatic N) is 2. The molecule has 208 valence electrons. The Kier molecular flexibility index (Phi) is 7.96. The van der Waals surface area contributed by atoms with E-state index in [9.17, 15) is 22.8 Å². The van der Waals surface area contributed by atoms with Crippen molar-refractivity contribution in [1.82, 2.24) is 14.8 Å². The highest BCUT2D eigenvalue weighted by Crippen LogP contribution is 2.30. The number of aryl methyl sites for hydroxylation is 1. The number of benzene rings is 3. The summed E-state index contributed by atoms with van der Waals surface area (Å²) in [5.41, 5.74) is 3.59. The zero-order valence-electron chi connectivity index (χ0n) is 22.4. The number of halogens is 3. The summed E-state index contributed by atoms with van der Waals surface area (Å²) in [5.74, 6) is -0.408. The molecule has 8 heteroatoms. The zero-order chi connectivity index (χ0) is 28.3. The number of fused-ring (bicyclic) bond motifs is 1. The van der Waals surface area contributed by atoms with Gasteiger partial charge in [0.25, 0.3) is 5.91 Å². The van der Waals surface area contributed by atoms with Gasteiger partial charge in [0.2, 0.25) is 5.91 Å². The fraction of sp³-hybridized carbons (Fsp3) is 0.312. The van der Waals surface area contributed by atoms with E-state index in [0.717, 1.165) is 53.4 Å². The number of nitrogens with one attached hydrogen (secondary N) is 1. The highest BCUT2D eigenvalue weighted by molar-refractivity contribution is 5.97. The van der Waals surface area contributed by atoms with Crippen LogP contribution in [0.2, 0.25) is 0 Å². The van der Waals surface area contributed by atoms with E-state index in [0.29, 0.717) is 24.1 Å². The average Bonchev–Trinajstić information content (AvgIpc) is 3.72. The van der Waals surface area contributed by atoms with Crippen LogP contribution < -0.4 is 0 Å². The molecule has 2 amide bonds. The lowest BCUT2D eigenvalue weighted by molar-refractivity contribution is -0.137. The van der Waals surface area contributed by atoms with Gasteiger partial charge in [0.1, 0.15) is 6.54 Å². The lowest BCUT2D eigenvalue weighted by Crippen LogP contribution is -2.44. The van der Waals surface area contributed by atoms with Crippen LogP contribution in [0.4, 0.5) is 13.2 Å². The van der Waals surface area contributed by atoms with Crippen LogP contribution in [0.1, 0.15) is 52.4 Å². The first-order chi connectivity index (χ1) is 19.2. The third kappa shape index (κ3) is 6.38. The third-order valence-corrected chi connectivity index (χ3v) is 7.50. The van der Waals surface area contributed by atoms with Crippen LogP contribution in [0.15, 0.2) is 79.0 Å². The van der Waals surface area contributed by atoms with Crippen LogP contribution >= 0.6 is 0 Å². The van der Waals surface area contributed by atoms with Gasteiger partial charge in [-0.25, -0.2) is 0 Å². The molecule has 1 fully saturated rings. The summed E-state index contributed by atoms with van der Waals surface area (Å²) in [5, 5.41) is 1.06. The first-order valence-electron chi connectivity index (χ1n) is 13.6. The minimum Gasteiger partial charge on any atom is -0.361 e. The monoisotopic (exact) mass is 547 g/mol. The number of H-pyrrole nitrogens is 1. The number of carbonyl (C=O) groups excluding carboxylic acids is 2. The molecule has 1 aromatic heterocycles. The zero-order valence-corrected chi connectivity index (χ0v) is 22.4. The van der Waals surface area contributed by atoms with Crippen LogP contribution in [0, 0.1) is 0 Å². The normalized spacial score (nSPS) is 13.4. The summed E-state index contributed by atoms with van der Waals surface area (Å²) in [6.45, 7) is 2.48. The predicted molar refractivity (Wildman–Crippen MR) is 149 cm³/mol. The molecule has 3 aromatic carbocycles. The first kappa shape index (κ1) is 27.5. The number of hydrogen-bond donors (Lipinski definition) is 1. The Hall–Kier alpha value is -4.07. The molecule has 1 aliphatic carbocycles. The second kappa shape index (κ2) is 11.6. The van der Waals surface area contributed by atoms with Crippen LogP contribution in [-0.2, 0) is 30.4 Å². The van der Waals surface area contributed by atoms with Gasteiger partial charge in [0.05, 0.1) is 5.56 Å². The van der Waals surface area contributed by atoms with Crippen molar-refractivity contribution in [1.29, 1.82) is 0 Å². The molecular weight excluding hydrogens is 515 g/mol. The molecule has 0 unspecified atom stereocenters. The van der Waals surface area contributed by atoms with Gasteiger partial charge in [0, 0.05) is 41.8 Å². The van der Waals surface area contributed by atoms with E-state index < -0.39 is 11.7 Å². The average molecular weight is 548 g/mol. The van der Waals surface area contributed by atoms with Gasteiger partial charge in [0.15, 0.2) is 0 Å². The lowest BCUT2D eigenvalue weighted by atomic mass is 10.1. The number of aromatic amines is 1. The third-order valence-electron chi connectivity index (χ3n) is 7.50. The van der Waals surface area contributed by atoms with E-state index in [2.05, 4.69) is 4.98 Å². The van der Waals surface area contributed by atoms with Gasteiger partial charge in [-0.3, -0.25) is 9.59 Å². The minimum atomic E-state index is -4.43. The van der Waals surface area contributed by atoms with Gasteiger partial charge >= 0.3 is 6.18 Å². The molecule has 0 radical (unpaired) electrons. The van der Waals surface area contributed by atoms with Crippen LogP contribution in [0.25, 0.3) is 10.9 Å². The topological polar surface area (TPSA) is 56.4 Å². The Morgan fingerprint density at radius 2 is 1.60 bits per heavy atom. The second-order valence-electron chi connectivity index (χ2n) is 10.3. The summed E-state index contributed by atoms with van der Waals surface area (Å²) < 4.78 is 39.3. The molecule has 0 atom stereocenters. The minimum absolute atomic E-state index is 0.0174. The van der Waals surface area contributed by atoms with E-state index in [-0.39, 0.29) is 30.9 Å². The van der Waals surface area contributed by atoms with Crippen molar-refractivity contribution < 1.29 is 22.8 Å². The molecule has 5 rings (SSSR count). The van der Waals surface area contributed by atoms with Crippen molar-refractivity contribution in [3.8, 4) is 0 Å². The Morgan fingerprint density at radius 1 is 0.925 bits per heavy atom. The maximum absolute atomic E-state index is 13.7. The van der Waals surface area contributed by atoms with Gasteiger partial charge in [-0.15, -0.1) is 0 Å². The fourth-order valence-corrected chi connectivity index (χ4v) is 4.95. The number of para-hydroxylation sites is 1. The Balaban J connectivity index is 1.35.